The molecule has 0 unspecified atom stereocenters. The summed E-state index contributed by atoms with van der Waals surface area (Å²) in [5.74, 6) is 2.61. The zero-order valence-corrected chi connectivity index (χ0v) is 18.5. The number of pyridine rings is 1. The predicted octanol–water partition coefficient (Wildman–Crippen LogP) is 2.84. The number of aromatic nitrogens is 6. The smallest absolute Gasteiger partial charge is 0.180 e. The SMILES string of the molecule is Cc1cccc(-c2nccc(Nc3ccnc(Cc4ncc(N5CCNCC5)s4)n3)n2)n1. The van der Waals surface area contributed by atoms with E-state index in [1.54, 1.807) is 23.7 Å². The molecule has 0 saturated carbocycles. The summed E-state index contributed by atoms with van der Waals surface area (Å²) < 4.78 is 0. The molecule has 4 aromatic rings. The van der Waals surface area contributed by atoms with Crippen LogP contribution in [0.5, 0.6) is 0 Å². The van der Waals surface area contributed by atoms with Crippen LogP contribution < -0.4 is 15.5 Å². The Morgan fingerprint density at radius 1 is 0.969 bits per heavy atom. The van der Waals surface area contributed by atoms with Crippen LogP contribution >= 0.6 is 11.3 Å². The number of nitrogens with one attached hydrogen (secondary N) is 2. The Kier molecular flexibility index (Phi) is 5.95. The van der Waals surface area contributed by atoms with Crippen LogP contribution in [-0.2, 0) is 6.42 Å². The van der Waals surface area contributed by atoms with Crippen molar-refractivity contribution >= 4 is 28.0 Å². The van der Waals surface area contributed by atoms with Crippen molar-refractivity contribution in [3.8, 4) is 11.5 Å². The Morgan fingerprint density at radius 2 is 1.78 bits per heavy atom. The van der Waals surface area contributed by atoms with Gasteiger partial charge in [0.15, 0.2) is 5.82 Å². The van der Waals surface area contributed by atoms with Gasteiger partial charge in [-0.1, -0.05) is 6.07 Å². The molecule has 10 heteroatoms. The van der Waals surface area contributed by atoms with Gasteiger partial charge in [0.1, 0.15) is 33.2 Å². The Morgan fingerprint density at radius 3 is 2.62 bits per heavy atom. The highest BCUT2D eigenvalue weighted by molar-refractivity contribution is 7.15. The molecule has 0 aromatic carbocycles. The first-order valence-electron chi connectivity index (χ1n) is 10.5. The zero-order chi connectivity index (χ0) is 21.8. The highest BCUT2D eigenvalue weighted by atomic mass is 32.1. The molecule has 0 radical (unpaired) electrons. The fourth-order valence-corrected chi connectivity index (χ4v) is 4.42. The average molecular weight is 446 g/mol. The monoisotopic (exact) mass is 445 g/mol. The second-order valence-electron chi connectivity index (χ2n) is 7.42. The third-order valence-electron chi connectivity index (χ3n) is 5.01. The van der Waals surface area contributed by atoms with Gasteiger partial charge in [-0.3, -0.25) is 0 Å². The van der Waals surface area contributed by atoms with Gasteiger partial charge in [0.05, 0.1) is 12.6 Å². The van der Waals surface area contributed by atoms with Crippen LogP contribution in [0.1, 0.15) is 16.5 Å². The van der Waals surface area contributed by atoms with E-state index in [9.17, 15) is 0 Å². The van der Waals surface area contributed by atoms with Gasteiger partial charge in [-0.05, 0) is 31.2 Å². The molecular weight excluding hydrogens is 422 g/mol. The van der Waals surface area contributed by atoms with Crippen molar-refractivity contribution in [2.24, 2.45) is 0 Å². The second kappa shape index (κ2) is 9.33. The number of hydrogen-bond donors (Lipinski definition) is 2. The number of aryl methyl sites for hydroxylation is 1. The Bertz CT molecular complexity index is 1200. The fourth-order valence-electron chi connectivity index (χ4n) is 3.45. The van der Waals surface area contributed by atoms with Gasteiger partial charge < -0.3 is 15.5 Å². The second-order valence-corrected chi connectivity index (χ2v) is 8.51. The summed E-state index contributed by atoms with van der Waals surface area (Å²) in [5, 5.41) is 8.83. The molecule has 0 spiro atoms. The Hall–Kier alpha value is -3.50. The van der Waals surface area contributed by atoms with Gasteiger partial charge in [-0.2, -0.15) is 0 Å². The molecule has 1 aliphatic rings. The predicted molar refractivity (Wildman–Crippen MR) is 125 cm³/mol. The van der Waals surface area contributed by atoms with Crippen molar-refractivity contribution < 1.29 is 0 Å². The van der Waals surface area contributed by atoms with Gasteiger partial charge in [0.25, 0.3) is 0 Å². The minimum absolute atomic E-state index is 0.566. The van der Waals surface area contributed by atoms with Gasteiger partial charge in [0, 0.05) is 44.3 Å². The van der Waals surface area contributed by atoms with Crippen LogP contribution in [0.3, 0.4) is 0 Å². The summed E-state index contributed by atoms with van der Waals surface area (Å²) >= 11 is 1.70. The van der Waals surface area contributed by atoms with Crippen LogP contribution in [0.15, 0.2) is 48.9 Å². The number of hydrogen-bond acceptors (Lipinski definition) is 10. The van der Waals surface area contributed by atoms with E-state index in [4.69, 9.17) is 0 Å². The molecular formula is C22H23N9S. The Balaban J connectivity index is 1.29. The van der Waals surface area contributed by atoms with Crippen molar-refractivity contribution in [1.29, 1.82) is 0 Å². The number of thiazole rings is 1. The first-order valence-corrected chi connectivity index (χ1v) is 11.3. The summed E-state index contributed by atoms with van der Waals surface area (Å²) in [5.41, 5.74) is 1.66. The third-order valence-corrected chi connectivity index (χ3v) is 6.07. The highest BCUT2D eigenvalue weighted by Gasteiger charge is 2.14. The average Bonchev–Trinajstić information content (AvgIpc) is 3.29. The first kappa shape index (κ1) is 20.4. The van der Waals surface area contributed by atoms with E-state index < -0.39 is 0 Å². The number of nitrogens with zero attached hydrogens (tertiary/aromatic N) is 7. The molecule has 1 fully saturated rings. The summed E-state index contributed by atoms with van der Waals surface area (Å²) in [4.78, 5) is 29.4. The topological polar surface area (TPSA) is 105 Å². The molecule has 0 bridgehead atoms. The molecule has 5 rings (SSSR count). The van der Waals surface area contributed by atoms with Gasteiger partial charge in [-0.15, -0.1) is 11.3 Å². The van der Waals surface area contributed by atoms with Crippen molar-refractivity contribution in [1.82, 2.24) is 35.2 Å². The molecule has 9 nitrogen and oxygen atoms in total. The molecule has 4 aromatic heterocycles. The van der Waals surface area contributed by atoms with Crippen LogP contribution in [0, 0.1) is 6.92 Å². The molecule has 0 atom stereocenters. The lowest BCUT2D eigenvalue weighted by Gasteiger charge is -2.27. The van der Waals surface area contributed by atoms with Crippen LogP contribution in [0.2, 0.25) is 0 Å². The highest BCUT2D eigenvalue weighted by Crippen LogP contribution is 2.25. The van der Waals surface area contributed by atoms with Crippen molar-refractivity contribution in [2.75, 3.05) is 36.4 Å². The molecule has 5 heterocycles. The number of anilines is 3. The van der Waals surface area contributed by atoms with E-state index in [0.29, 0.717) is 29.7 Å². The van der Waals surface area contributed by atoms with Crippen LogP contribution in [0.4, 0.5) is 16.6 Å². The molecule has 1 aliphatic heterocycles. The maximum absolute atomic E-state index is 4.65. The van der Waals surface area contributed by atoms with Crippen molar-refractivity contribution in [3.05, 3.63) is 65.4 Å². The summed E-state index contributed by atoms with van der Waals surface area (Å²) in [6, 6.07) is 9.43. The summed E-state index contributed by atoms with van der Waals surface area (Å²) in [6.45, 7) is 5.99. The first-order chi connectivity index (χ1) is 15.7. The van der Waals surface area contributed by atoms with E-state index in [1.165, 1.54) is 5.00 Å². The largest absolute Gasteiger partial charge is 0.360 e. The van der Waals surface area contributed by atoms with Gasteiger partial charge in [0.2, 0.25) is 0 Å². The van der Waals surface area contributed by atoms with E-state index in [2.05, 4.69) is 45.4 Å². The van der Waals surface area contributed by atoms with Gasteiger partial charge >= 0.3 is 0 Å². The summed E-state index contributed by atoms with van der Waals surface area (Å²) in [6.07, 6.45) is 6.01. The number of rotatable bonds is 6. The lowest BCUT2D eigenvalue weighted by Crippen LogP contribution is -2.43. The molecule has 32 heavy (non-hydrogen) atoms. The van der Waals surface area contributed by atoms with Crippen LogP contribution in [0.25, 0.3) is 11.5 Å². The zero-order valence-electron chi connectivity index (χ0n) is 17.7. The molecule has 2 N–H and O–H groups in total. The van der Waals surface area contributed by atoms with Crippen molar-refractivity contribution in [3.63, 3.8) is 0 Å². The maximum Gasteiger partial charge on any atom is 0.180 e. The lowest BCUT2D eigenvalue weighted by molar-refractivity contribution is 0.591. The molecule has 1 saturated heterocycles. The number of piperazine rings is 1. The minimum atomic E-state index is 0.566. The minimum Gasteiger partial charge on any atom is -0.360 e. The summed E-state index contributed by atoms with van der Waals surface area (Å²) in [7, 11) is 0. The van der Waals surface area contributed by atoms with Gasteiger partial charge in [-0.25, -0.2) is 29.9 Å². The maximum atomic E-state index is 4.65. The lowest BCUT2D eigenvalue weighted by atomic mass is 10.3. The Labute approximate surface area is 190 Å². The third kappa shape index (κ3) is 4.87. The van der Waals surface area contributed by atoms with E-state index in [-0.39, 0.29) is 0 Å². The van der Waals surface area contributed by atoms with E-state index >= 15 is 0 Å². The molecule has 0 amide bonds. The van der Waals surface area contributed by atoms with E-state index in [0.717, 1.165) is 42.6 Å². The van der Waals surface area contributed by atoms with E-state index in [1.807, 2.05) is 43.5 Å². The normalized spacial score (nSPS) is 13.8. The fraction of sp³-hybridized carbons (Fsp3) is 0.273. The van der Waals surface area contributed by atoms with Crippen molar-refractivity contribution in [2.45, 2.75) is 13.3 Å². The van der Waals surface area contributed by atoms with Crippen LogP contribution in [-0.4, -0.2) is 56.1 Å². The molecule has 0 aliphatic carbocycles. The quantitative estimate of drug-likeness (QED) is 0.463. The molecule has 162 valence electrons. The standard InChI is InChI=1S/C22H23N9S/c1-15-3-2-4-16(27-15)22-25-8-6-18(30-22)28-17-5-7-24-19(29-17)13-20-26-14-21(32-20)31-11-9-23-10-12-31/h2-8,14,23H,9-13H2,1H3,(H,24,25,28,29,30).